The zero-order valence-corrected chi connectivity index (χ0v) is 10.8. The van der Waals surface area contributed by atoms with Crippen LogP contribution in [0.4, 0.5) is 4.79 Å². The average Bonchev–Trinajstić information content (AvgIpc) is 2.03. The zero-order chi connectivity index (χ0) is 11.0. The molecule has 0 bridgehead atoms. The van der Waals surface area contributed by atoms with Crippen molar-refractivity contribution in [1.82, 2.24) is 0 Å². The summed E-state index contributed by atoms with van der Waals surface area (Å²) in [5, 5.41) is 8.37. The fraction of sp³-hybridized carbons (Fsp3) is 0.778. The van der Waals surface area contributed by atoms with E-state index in [0.717, 1.165) is 17.4 Å². The summed E-state index contributed by atoms with van der Waals surface area (Å²) in [6.45, 7) is 1.94. The van der Waals surface area contributed by atoms with Gasteiger partial charge in [-0.2, -0.15) is 5.26 Å². The molecule has 0 spiro atoms. The van der Waals surface area contributed by atoms with E-state index >= 15 is 0 Å². The molecule has 5 nitrogen and oxygen atoms in total. The van der Waals surface area contributed by atoms with E-state index < -0.39 is 6.09 Å². The van der Waals surface area contributed by atoms with Gasteiger partial charge in [0.2, 0.25) is 0 Å². The number of quaternary nitrogens is 1. The van der Waals surface area contributed by atoms with Crippen molar-refractivity contribution < 1.29 is 31.0 Å². The van der Waals surface area contributed by atoms with Gasteiger partial charge in [0.1, 0.15) is 13.2 Å². The summed E-state index contributed by atoms with van der Waals surface area (Å²) in [5.41, 5.74) is 4.83. The van der Waals surface area contributed by atoms with Crippen LogP contribution in [-0.4, -0.2) is 44.4 Å². The first-order valence-corrected chi connectivity index (χ1v) is 4.59. The van der Waals surface area contributed by atoms with E-state index in [1.54, 1.807) is 0 Å². The van der Waals surface area contributed by atoms with E-state index in [4.69, 9.17) is 11.0 Å². The number of nitrogens with two attached hydrogens (primary N) is 1. The molecule has 0 heterocycles. The van der Waals surface area contributed by atoms with Crippen LogP contribution in [0.3, 0.4) is 0 Å². The Morgan fingerprint density at radius 3 is 2.53 bits per heavy atom. The SMILES string of the molecule is C[N+](C)(CCCC#N)CCOC(N)=O.[Br-]. The van der Waals surface area contributed by atoms with Crippen molar-refractivity contribution in [2.45, 2.75) is 12.8 Å². The number of nitrogens with zero attached hydrogens (tertiary/aromatic N) is 2. The van der Waals surface area contributed by atoms with E-state index in [2.05, 4.69) is 10.8 Å². The highest BCUT2D eigenvalue weighted by Gasteiger charge is 2.14. The van der Waals surface area contributed by atoms with Gasteiger partial charge in [-0.25, -0.2) is 4.79 Å². The molecule has 0 aromatic rings. The van der Waals surface area contributed by atoms with Crippen LogP contribution in [0, 0.1) is 11.3 Å². The van der Waals surface area contributed by atoms with Crippen LogP contribution in [-0.2, 0) is 4.74 Å². The largest absolute Gasteiger partial charge is 1.00 e. The Morgan fingerprint density at radius 1 is 1.47 bits per heavy atom. The summed E-state index contributed by atoms with van der Waals surface area (Å²) in [7, 11) is 4.06. The van der Waals surface area contributed by atoms with E-state index in [1.807, 2.05) is 14.1 Å². The first-order chi connectivity index (χ1) is 6.48. The molecule has 6 heteroatoms. The summed E-state index contributed by atoms with van der Waals surface area (Å²) < 4.78 is 5.37. The van der Waals surface area contributed by atoms with E-state index in [9.17, 15) is 4.79 Å². The number of carbonyl (C=O) groups is 1. The zero-order valence-electron chi connectivity index (χ0n) is 9.20. The quantitative estimate of drug-likeness (QED) is 0.430. The number of ether oxygens (including phenoxy) is 1. The Balaban J connectivity index is 0. The van der Waals surface area contributed by atoms with Crippen molar-refractivity contribution in [1.29, 1.82) is 5.26 Å². The summed E-state index contributed by atoms with van der Waals surface area (Å²) in [4.78, 5) is 10.3. The second-order valence-electron chi connectivity index (χ2n) is 3.81. The molecule has 0 unspecified atom stereocenters. The Morgan fingerprint density at radius 2 is 2.07 bits per heavy atom. The number of halogens is 1. The minimum absolute atomic E-state index is 0. The molecule has 2 N–H and O–H groups in total. The van der Waals surface area contributed by atoms with Crippen LogP contribution in [0.5, 0.6) is 0 Å². The smallest absolute Gasteiger partial charge is 0.404 e. The van der Waals surface area contributed by atoms with Gasteiger partial charge in [-0.05, 0) is 0 Å². The van der Waals surface area contributed by atoms with Gasteiger partial charge >= 0.3 is 6.09 Å². The molecular formula is C9H18BrN3O2. The summed E-state index contributed by atoms with van der Waals surface area (Å²) in [6, 6.07) is 2.10. The van der Waals surface area contributed by atoms with Gasteiger partial charge in [0.15, 0.2) is 0 Å². The van der Waals surface area contributed by atoms with Crippen molar-refractivity contribution >= 4 is 6.09 Å². The fourth-order valence-electron chi connectivity index (χ4n) is 1.09. The number of nitriles is 1. The number of likely N-dealkylation sites (N-methyl/N-ethyl adjacent to an activating group) is 1. The number of carbonyl (C=O) groups excluding carboxylic acids is 1. The predicted octanol–water partition coefficient (Wildman–Crippen LogP) is -2.53. The highest BCUT2D eigenvalue weighted by atomic mass is 79.9. The van der Waals surface area contributed by atoms with E-state index in [0.29, 0.717) is 19.6 Å². The molecule has 0 fully saturated rings. The Bertz CT molecular complexity index is 226. The monoisotopic (exact) mass is 279 g/mol. The lowest BCUT2D eigenvalue weighted by Crippen LogP contribution is -3.00. The second-order valence-corrected chi connectivity index (χ2v) is 3.81. The Hall–Kier alpha value is -0.800. The lowest BCUT2D eigenvalue weighted by Gasteiger charge is -2.28. The van der Waals surface area contributed by atoms with Crippen molar-refractivity contribution in [2.75, 3.05) is 33.8 Å². The highest BCUT2D eigenvalue weighted by molar-refractivity contribution is 5.64. The van der Waals surface area contributed by atoms with Gasteiger partial charge in [0, 0.05) is 12.8 Å². The molecule has 0 aliphatic heterocycles. The number of hydrogen-bond acceptors (Lipinski definition) is 3. The Kier molecular flexibility index (Phi) is 9.42. The van der Waals surface area contributed by atoms with Crippen LogP contribution in [0.25, 0.3) is 0 Å². The topological polar surface area (TPSA) is 76.1 Å². The van der Waals surface area contributed by atoms with Crippen LogP contribution >= 0.6 is 0 Å². The third-order valence-electron chi connectivity index (χ3n) is 1.99. The number of unbranched alkanes of at least 4 members (excludes halogenated alkanes) is 1. The molecule has 0 saturated carbocycles. The first kappa shape index (κ1) is 16.6. The maximum atomic E-state index is 10.3. The minimum Gasteiger partial charge on any atom is -1.00 e. The molecule has 0 rings (SSSR count). The summed E-state index contributed by atoms with van der Waals surface area (Å²) in [5.74, 6) is 0. The number of primary amides is 1. The van der Waals surface area contributed by atoms with Gasteiger partial charge in [0.05, 0.1) is 26.7 Å². The second kappa shape index (κ2) is 8.50. The third kappa shape index (κ3) is 11.1. The maximum Gasteiger partial charge on any atom is 0.404 e. The van der Waals surface area contributed by atoms with Gasteiger partial charge in [-0.1, -0.05) is 0 Å². The van der Waals surface area contributed by atoms with Gasteiger partial charge in [0.25, 0.3) is 0 Å². The van der Waals surface area contributed by atoms with Crippen LogP contribution in [0.15, 0.2) is 0 Å². The van der Waals surface area contributed by atoms with Crippen LogP contribution in [0.1, 0.15) is 12.8 Å². The van der Waals surface area contributed by atoms with E-state index in [-0.39, 0.29) is 17.0 Å². The van der Waals surface area contributed by atoms with Gasteiger partial charge in [-0.15, -0.1) is 0 Å². The van der Waals surface area contributed by atoms with E-state index in [1.165, 1.54) is 0 Å². The van der Waals surface area contributed by atoms with Crippen LogP contribution < -0.4 is 22.7 Å². The summed E-state index contributed by atoms with van der Waals surface area (Å²) >= 11 is 0. The lowest BCUT2D eigenvalue weighted by atomic mass is 10.3. The molecule has 1 amide bonds. The minimum atomic E-state index is -0.734. The number of hydrogen-bond donors (Lipinski definition) is 1. The van der Waals surface area contributed by atoms with Crippen molar-refractivity contribution in [2.24, 2.45) is 5.73 Å². The highest BCUT2D eigenvalue weighted by Crippen LogP contribution is 2.00. The number of rotatable bonds is 6. The lowest BCUT2D eigenvalue weighted by molar-refractivity contribution is -0.890. The van der Waals surface area contributed by atoms with Crippen molar-refractivity contribution in [3.05, 3.63) is 0 Å². The molecule has 0 aliphatic carbocycles. The molecule has 0 aliphatic rings. The molecule has 0 saturated heterocycles. The standard InChI is InChI=1S/C9H17N3O2.BrH/c1-12(2,6-4-3-5-10)7-8-14-9(11)13;/h3-4,6-8H2,1-2H3,(H-,11,13);1H. The molecule has 0 aromatic carbocycles. The average molecular weight is 280 g/mol. The van der Waals surface area contributed by atoms with Gasteiger partial charge < -0.3 is 31.9 Å². The summed E-state index contributed by atoms with van der Waals surface area (Å²) in [6.07, 6.45) is 0.695. The fourth-order valence-corrected chi connectivity index (χ4v) is 1.09. The molecule has 0 radical (unpaired) electrons. The van der Waals surface area contributed by atoms with Gasteiger partial charge in [-0.3, -0.25) is 0 Å². The molecule has 0 atom stereocenters. The molecule has 88 valence electrons. The van der Waals surface area contributed by atoms with Crippen LogP contribution in [0.2, 0.25) is 0 Å². The Labute approximate surface area is 101 Å². The first-order valence-electron chi connectivity index (χ1n) is 4.59. The molecule has 15 heavy (non-hydrogen) atoms. The van der Waals surface area contributed by atoms with Crippen molar-refractivity contribution in [3.8, 4) is 6.07 Å². The maximum absolute atomic E-state index is 10.3. The number of amides is 1. The molecule has 0 aromatic heterocycles. The van der Waals surface area contributed by atoms with Crippen molar-refractivity contribution in [3.63, 3.8) is 0 Å². The normalized spacial score (nSPS) is 9.93. The molecular weight excluding hydrogens is 262 g/mol. The predicted molar refractivity (Wildman–Crippen MR) is 52.2 cm³/mol. The third-order valence-corrected chi connectivity index (χ3v) is 1.99.